The molecule has 0 aliphatic carbocycles. The third kappa shape index (κ3) is 3.07. The van der Waals surface area contributed by atoms with E-state index in [1.54, 1.807) is 4.90 Å². The molecule has 2 aromatic carbocycles. The molecule has 3 heterocycles. The lowest BCUT2D eigenvalue weighted by molar-refractivity contribution is -0.128. The molecule has 3 aromatic rings. The number of carbonyl (C=O) groups excluding carboxylic acids is 1. The molecule has 2 aliphatic rings. The number of hydrogen-bond acceptors (Lipinski definition) is 6. The summed E-state index contributed by atoms with van der Waals surface area (Å²) in [4.78, 5) is 18.7. The van der Waals surface area contributed by atoms with E-state index in [4.69, 9.17) is 25.6 Å². The number of benzene rings is 2. The number of rotatable bonds is 4. The molecule has 0 saturated carbocycles. The predicted molar refractivity (Wildman–Crippen MR) is 100 cm³/mol. The fourth-order valence-electron chi connectivity index (χ4n) is 3.48. The first-order valence-electron chi connectivity index (χ1n) is 8.92. The van der Waals surface area contributed by atoms with Crippen molar-refractivity contribution in [2.45, 2.75) is 18.9 Å². The van der Waals surface area contributed by atoms with Crippen molar-refractivity contribution in [3.8, 4) is 23.0 Å². The average Bonchev–Trinajstić information content (AvgIpc) is 3.43. The Bertz CT molecular complexity index is 1050. The monoisotopic (exact) mass is 397 g/mol. The topological polar surface area (TPSA) is 77.7 Å². The lowest BCUT2D eigenvalue weighted by Crippen LogP contribution is -2.24. The lowest BCUT2D eigenvalue weighted by atomic mass is 10.1. The van der Waals surface area contributed by atoms with Crippen LogP contribution in [0.3, 0.4) is 0 Å². The number of carbonyl (C=O) groups is 1. The average molecular weight is 398 g/mol. The molecule has 1 aromatic heterocycles. The van der Waals surface area contributed by atoms with E-state index in [0.29, 0.717) is 47.7 Å². The molecule has 1 fully saturated rings. The first-order chi connectivity index (χ1) is 13.7. The van der Waals surface area contributed by atoms with Gasteiger partial charge in [-0.25, -0.2) is 0 Å². The zero-order valence-electron chi connectivity index (χ0n) is 14.8. The Morgan fingerprint density at radius 2 is 2.00 bits per heavy atom. The van der Waals surface area contributed by atoms with Crippen molar-refractivity contribution in [1.82, 2.24) is 15.0 Å². The minimum absolute atomic E-state index is 0.0550. The molecular formula is C20H16ClN3O4. The van der Waals surface area contributed by atoms with Crippen molar-refractivity contribution < 1.29 is 18.8 Å². The molecule has 2 aliphatic heterocycles. The Balaban J connectivity index is 1.32. The van der Waals surface area contributed by atoms with Gasteiger partial charge in [-0.1, -0.05) is 35.0 Å². The molecular weight excluding hydrogens is 382 g/mol. The molecule has 28 heavy (non-hydrogen) atoms. The standard InChI is InChI=1S/C20H16ClN3O4/c21-15-4-2-1-3-13(15)9-24-10-14(8-18(24)25)19-22-20(28-23-19)12-5-6-16-17(7-12)27-11-26-16/h1-7,14H,8-11H2. The zero-order valence-corrected chi connectivity index (χ0v) is 15.6. The van der Waals surface area contributed by atoms with Gasteiger partial charge in [0.2, 0.25) is 12.7 Å². The number of halogens is 1. The third-order valence-corrected chi connectivity index (χ3v) is 5.33. The summed E-state index contributed by atoms with van der Waals surface area (Å²) in [6, 6.07) is 13.0. The second-order valence-electron chi connectivity index (χ2n) is 6.79. The van der Waals surface area contributed by atoms with E-state index in [2.05, 4.69) is 10.1 Å². The Morgan fingerprint density at radius 1 is 1.14 bits per heavy atom. The van der Waals surface area contributed by atoms with E-state index in [1.165, 1.54) is 0 Å². The van der Waals surface area contributed by atoms with Gasteiger partial charge in [-0.05, 0) is 29.8 Å². The Labute approximate surface area is 165 Å². The predicted octanol–water partition coefficient (Wildman–Crippen LogP) is 3.63. The van der Waals surface area contributed by atoms with Gasteiger partial charge >= 0.3 is 0 Å². The number of likely N-dealkylation sites (tertiary alicyclic amines) is 1. The largest absolute Gasteiger partial charge is 0.454 e. The maximum atomic E-state index is 12.4. The second-order valence-corrected chi connectivity index (χ2v) is 7.20. The maximum Gasteiger partial charge on any atom is 0.258 e. The van der Waals surface area contributed by atoms with Gasteiger partial charge < -0.3 is 18.9 Å². The lowest BCUT2D eigenvalue weighted by Gasteiger charge is -2.16. The number of ether oxygens (including phenoxy) is 2. The van der Waals surface area contributed by atoms with E-state index in [0.717, 1.165) is 11.1 Å². The highest BCUT2D eigenvalue weighted by molar-refractivity contribution is 6.31. The molecule has 0 spiro atoms. The van der Waals surface area contributed by atoms with E-state index in [1.807, 2.05) is 42.5 Å². The third-order valence-electron chi connectivity index (χ3n) is 4.96. The number of fused-ring (bicyclic) bond motifs is 1. The summed E-state index contributed by atoms with van der Waals surface area (Å²) in [5.74, 6) is 2.22. The van der Waals surface area contributed by atoms with Crippen molar-refractivity contribution >= 4 is 17.5 Å². The number of aromatic nitrogens is 2. The molecule has 1 unspecified atom stereocenters. The van der Waals surface area contributed by atoms with Crippen LogP contribution in [0.4, 0.5) is 0 Å². The van der Waals surface area contributed by atoms with Crippen molar-refractivity contribution in [3.63, 3.8) is 0 Å². The molecule has 0 N–H and O–H groups in total. The van der Waals surface area contributed by atoms with Crippen LogP contribution in [0.2, 0.25) is 5.02 Å². The van der Waals surface area contributed by atoms with Gasteiger partial charge in [0, 0.05) is 36.0 Å². The van der Waals surface area contributed by atoms with Crippen LogP contribution in [0.5, 0.6) is 11.5 Å². The molecule has 0 radical (unpaired) electrons. The number of amides is 1. The van der Waals surface area contributed by atoms with Gasteiger partial charge in [-0.2, -0.15) is 4.98 Å². The van der Waals surface area contributed by atoms with Gasteiger partial charge in [-0.3, -0.25) is 4.79 Å². The molecule has 1 atom stereocenters. The molecule has 1 amide bonds. The molecule has 5 rings (SSSR count). The fraction of sp³-hybridized carbons (Fsp3) is 0.250. The molecule has 1 saturated heterocycles. The van der Waals surface area contributed by atoms with Gasteiger partial charge in [0.1, 0.15) is 0 Å². The molecule has 0 bridgehead atoms. The van der Waals surface area contributed by atoms with Crippen LogP contribution in [0.1, 0.15) is 23.7 Å². The summed E-state index contributed by atoms with van der Waals surface area (Å²) in [5.41, 5.74) is 1.67. The maximum absolute atomic E-state index is 12.4. The van der Waals surface area contributed by atoms with Gasteiger partial charge in [0.15, 0.2) is 17.3 Å². The Morgan fingerprint density at radius 3 is 2.89 bits per heavy atom. The van der Waals surface area contributed by atoms with E-state index in [9.17, 15) is 4.79 Å². The zero-order chi connectivity index (χ0) is 19.1. The SMILES string of the molecule is O=C1CC(c2noc(-c3ccc4c(c3)OCO4)n2)CN1Cc1ccccc1Cl. The van der Waals surface area contributed by atoms with Gasteiger partial charge in [-0.15, -0.1) is 0 Å². The van der Waals surface area contributed by atoms with E-state index in [-0.39, 0.29) is 18.6 Å². The second kappa shape index (κ2) is 6.83. The minimum atomic E-state index is -0.110. The Hall–Kier alpha value is -3.06. The van der Waals surface area contributed by atoms with Crippen molar-refractivity contribution in [2.75, 3.05) is 13.3 Å². The van der Waals surface area contributed by atoms with Crippen LogP contribution in [-0.2, 0) is 11.3 Å². The highest BCUT2D eigenvalue weighted by Crippen LogP contribution is 2.36. The summed E-state index contributed by atoms with van der Waals surface area (Å²) in [6.45, 7) is 1.21. The molecule has 8 heteroatoms. The van der Waals surface area contributed by atoms with Crippen LogP contribution < -0.4 is 9.47 Å². The van der Waals surface area contributed by atoms with Crippen LogP contribution in [0, 0.1) is 0 Å². The Kier molecular flexibility index (Phi) is 4.16. The minimum Gasteiger partial charge on any atom is -0.454 e. The van der Waals surface area contributed by atoms with E-state index < -0.39 is 0 Å². The van der Waals surface area contributed by atoms with Crippen LogP contribution in [0.25, 0.3) is 11.5 Å². The van der Waals surface area contributed by atoms with Gasteiger partial charge in [0.05, 0.1) is 0 Å². The van der Waals surface area contributed by atoms with Crippen molar-refractivity contribution in [2.24, 2.45) is 0 Å². The van der Waals surface area contributed by atoms with Crippen LogP contribution in [0.15, 0.2) is 47.0 Å². The van der Waals surface area contributed by atoms with Crippen molar-refractivity contribution in [1.29, 1.82) is 0 Å². The number of nitrogens with zero attached hydrogens (tertiary/aromatic N) is 3. The molecule has 7 nitrogen and oxygen atoms in total. The van der Waals surface area contributed by atoms with Crippen LogP contribution in [-0.4, -0.2) is 34.3 Å². The summed E-state index contributed by atoms with van der Waals surface area (Å²) in [5, 5.41) is 4.75. The quantitative estimate of drug-likeness (QED) is 0.669. The molecule has 142 valence electrons. The fourth-order valence-corrected chi connectivity index (χ4v) is 3.67. The smallest absolute Gasteiger partial charge is 0.258 e. The summed E-state index contributed by atoms with van der Waals surface area (Å²) in [6.07, 6.45) is 0.352. The normalized spacial score (nSPS) is 18.1. The first-order valence-corrected chi connectivity index (χ1v) is 9.30. The van der Waals surface area contributed by atoms with Crippen molar-refractivity contribution in [3.05, 3.63) is 58.9 Å². The highest BCUT2D eigenvalue weighted by atomic mass is 35.5. The van der Waals surface area contributed by atoms with E-state index >= 15 is 0 Å². The summed E-state index contributed by atoms with van der Waals surface area (Å²) < 4.78 is 16.1. The summed E-state index contributed by atoms with van der Waals surface area (Å²) >= 11 is 6.22. The summed E-state index contributed by atoms with van der Waals surface area (Å²) in [7, 11) is 0. The first kappa shape index (κ1) is 17.1. The van der Waals surface area contributed by atoms with Gasteiger partial charge in [0.25, 0.3) is 5.89 Å². The van der Waals surface area contributed by atoms with Crippen LogP contribution >= 0.6 is 11.6 Å². The number of hydrogen-bond donors (Lipinski definition) is 0. The highest BCUT2D eigenvalue weighted by Gasteiger charge is 2.34.